The van der Waals surface area contributed by atoms with Gasteiger partial charge in [0.15, 0.2) is 22.9 Å². The van der Waals surface area contributed by atoms with Gasteiger partial charge in [-0.1, -0.05) is 13.3 Å². The van der Waals surface area contributed by atoms with Gasteiger partial charge in [0.25, 0.3) is 9.28 Å². The molecule has 0 aromatic rings. The predicted molar refractivity (Wildman–Crippen MR) is 131 cm³/mol. The molecule has 29 heavy (non-hydrogen) atoms. The molecule has 0 aliphatic rings. The molecule has 0 saturated carbocycles. The molecule has 0 heterocycles. The minimum atomic E-state index is -2.49. The topological polar surface area (TPSA) is 86.6 Å². The lowest BCUT2D eigenvalue weighted by Gasteiger charge is -2.42. The van der Waals surface area contributed by atoms with Gasteiger partial charge in [0.1, 0.15) is 0 Å². The van der Waals surface area contributed by atoms with Gasteiger partial charge in [-0.05, 0) is 77.4 Å². The SMILES string of the molecule is CCC[Si](C)(O[SiH](C)O[Si](C)(C)C)O[Si](C)(CCCOCC(O)O)O[Si](C)(C)C. The van der Waals surface area contributed by atoms with E-state index in [0.29, 0.717) is 6.61 Å². The first-order valence-electron chi connectivity index (χ1n) is 10.7. The van der Waals surface area contributed by atoms with E-state index >= 15 is 0 Å². The second-order valence-corrected chi connectivity index (χ2v) is 28.5. The van der Waals surface area contributed by atoms with Crippen LogP contribution in [0.3, 0.4) is 0 Å². The van der Waals surface area contributed by atoms with Crippen LogP contribution in [-0.2, 0) is 21.2 Å². The van der Waals surface area contributed by atoms with E-state index in [1.54, 1.807) is 0 Å². The zero-order chi connectivity index (χ0) is 22.9. The Morgan fingerprint density at radius 1 is 0.793 bits per heavy atom. The van der Waals surface area contributed by atoms with E-state index < -0.39 is 49.3 Å². The minimum Gasteiger partial charge on any atom is -0.439 e. The van der Waals surface area contributed by atoms with Gasteiger partial charge in [-0.15, -0.1) is 0 Å². The van der Waals surface area contributed by atoms with Crippen molar-refractivity contribution in [3.8, 4) is 0 Å². The molecule has 0 bridgehead atoms. The van der Waals surface area contributed by atoms with Gasteiger partial charge in [-0.3, -0.25) is 0 Å². The van der Waals surface area contributed by atoms with Crippen LogP contribution in [0.5, 0.6) is 0 Å². The molecule has 0 aromatic heterocycles. The zero-order valence-electron chi connectivity index (χ0n) is 20.3. The largest absolute Gasteiger partial charge is 0.439 e. The summed E-state index contributed by atoms with van der Waals surface area (Å²) < 4.78 is 31.6. The lowest BCUT2D eigenvalue weighted by atomic mass is 10.5. The fourth-order valence-corrected chi connectivity index (χ4v) is 24.2. The maximum Gasteiger partial charge on any atom is 0.317 e. The van der Waals surface area contributed by atoms with E-state index in [4.69, 9.17) is 31.4 Å². The van der Waals surface area contributed by atoms with Gasteiger partial charge in [0.05, 0.1) is 6.61 Å². The average Bonchev–Trinajstić information content (AvgIpc) is 2.41. The second kappa shape index (κ2) is 12.7. The Labute approximate surface area is 184 Å². The molecule has 0 fully saturated rings. The molecule has 7 nitrogen and oxygen atoms in total. The van der Waals surface area contributed by atoms with E-state index in [1.807, 2.05) is 0 Å². The quantitative estimate of drug-likeness (QED) is 0.188. The summed E-state index contributed by atoms with van der Waals surface area (Å²) in [5, 5.41) is 17.8. The van der Waals surface area contributed by atoms with Crippen LogP contribution >= 0.6 is 0 Å². The number of aliphatic hydroxyl groups is 2. The van der Waals surface area contributed by atoms with Crippen LogP contribution in [0.15, 0.2) is 0 Å². The van der Waals surface area contributed by atoms with Gasteiger partial charge in [0, 0.05) is 6.61 Å². The Kier molecular flexibility index (Phi) is 13.1. The summed E-state index contributed by atoms with van der Waals surface area (Å²) >= 11 is 0. The third-order valence-corrected chi connectivity index (χ3v) is 21.6. The van der Waals surface area contributed by atoms with E-state index in [1.165, 1.54) is 0 Å². The van der Waals surface area contributed by atoms with Crippen LogP contribution in [0.1, 0.15) is 19.8 Å². The maximum absolute atomic E-state index is 8.92. The first-order chi connectivity index (χ1) is 13.0. The highest BCUT2D eigenvalue weighted by Crippen LogP contribution is 2.29. The van der Waals surface area contributed by atoms with Crippen molar-refractivity contribution in [3.63, 3.8) is 0 Å². The third-order valence-electron chi connectivity index (χ3n) is 3.78. The number of ether oxygens (including phenoxy) is 1. The van der Waals surface area contributed by atoms with Crippen molar-refractivity contribution in [3.05, 3.63) is 0 Å². The minimum absolute atomic E-state index is 0.0729. The number of hydrogen-bond donors (Lipinski definition) is 2. The Morgan fingerprint density at radius 3 is 1.83 bits per heavy atom. The molecule has 0 aliphatic heterocycles. The Bertz CT molecular complexity index is 458. The van der Waals surface area contributed by atoms with Crippen LogP contribution in [0, 0.1) is 0 Å². The van der Waals surface area contributed by atoms with Crippen molar-refractivity contribution in [2.45, 2.75) is 97.1 Å². The number of rotatable bonds is 16. The summed E-state index contributed by atoms with van der Waals surface area (Å²) in [5.41, 5.74) is 0. The van der Waals surface area contributed by atoms with E-state index in [9.17, 15) is 0 Å². The molecule has 0 amide bonds. The van der Waals surface area contributed by atoms with Crippen molar-refractivity contribution in [1.82, 2.24) is 0 Å². The van der Waals surface area contributed by atoms with Crippen LogP contribution in [0.4, 0.5) is 0 Å². The monoisotopic (exact) mass is 502 g/mol. The molecule has 176 valence electrons. The molecule has 0 spiro atoms. The molecule has 12 heteroatoms. The number of aliphatic hydroxyl groups excluding tert-OH is 1. The molecule has 0 aromatic carbocycles. The van der Waals surface area contributed by atoms with Gasteiger partial charge >= 0.3 is 17.1 Å². The van der Waals surface area contributed by atoms with Crippen molar-refractivity contribution < 1.29 is 31.4 Å². The summed E-state index contributed by atoms with van der Waals surface area (Å²) in [5.74, 6) is 0. The van der Waals surface area contributed by atoms with Gasteiger partial charge in [-0.25, -0.2) is 0 Å². The maximum atomic E-state index is 8.92. The Morgan fingerprint density at radius 2 is 1.38 bits per heavy atom. The third kappa shape index (κ3) is 16.1. The fraction of sp³-hybridized carbons (Fsp3) is 1.00. The lowest BCUT2D eigenvalue weighted by molar-refractivity contribution is -0.0945. The van der Waals surface area contributed by atoms with Gasteiger partial charge in [-0.2, -0.15) is 0 Å². The fourth-order valence-electron chi connectivity index (χ4n) is 3.37. The summed E-state index contributed by atoms with van der Waals surface area (Å²) in [6.45, 7) is 22.1. The molecule has 2 N–H and O–H groups in total. The van der Waals surface area contributed by atoms with Crippen molar-refractivity contribution in [1.29, 1.82) is 0 Å². The van der Waals surface area contributed by atoms with Crippen LogP contribution in [0.25, 0.3) is 0 Å². The van der Waals surface area contributed by atoms with Crippen molar-refractivity contribution >= 4 is 43.0 Å². The van der Waals surface area contributed by atoms with Crippen LogP contribution in [0.2, 0.25) is 71.0 Å². The Hall–Kier alpha value is 0.804. The van der Waals surface area contributed by atoms with Gasteiger partial charge < -0.3 is 31.4 Å². The first kappa shape index (κ1) is 29.8. The van der Waals surface area contributed by atoms with Crippen molar-refractivity contribution in [2.24, 2.45) is 0 Å². The normalized spacial score (nSPS) is 18.5. The molecule has 0 aliphatic carbocycles. The highest BCUT2D eigenvalue weighted by molar-refractivity contribution is 6.88. The van der Waals surface area contributed by atoms with Gasteiger partial charge in [0.2, 0.25) is 0 Å². The van der Waals surface area contributed by atoms with Crippen molar-refractivity contribution in [2.75, 3.05) is 13.2 Å². The molecular formula is C17H46O7Si5. The zero-order valence-corrected chi connectivity index (χ0v) is 25.5. The summed E-state index contributed by atoms with van der Waals surface area (Å²) in [7, 11) is -10.2. The molecule has 3 atom stereocenters. The number of hydrogen-bond acceptors (Lipinski definition) is 7. The highest BCUT2D eigenvalue weighted by Gasteiger charge is 2.45. The predicted octanol–water partition coefficient (Wildman–Crippen LogP) is 3.84. The summed E-state index contributed by atoms with van der Waals surface area (Å²) in [4.78, 5) is 0. The summed E-state index contributed by atoms with van der Waals surface area (Å²) in [6, 6.07) is 1.71. The highest BCUT2D eigenvalue weighted by atomic mass is 28.5. The molecule has 3 unspecified atom stereocenters. The lowest BCUT2D eigenvalue weighted by Crippen LogP contribution is -2.57. The van der Waals surface area contributed by atoms with Crippen LogP contribution < -0.4 is 0 Å². The average molecular weight is 503 g/mol. The Balaban J connectivity index is 5.22. The van der Waals surface area contributed by atoms with E-state index in [-0.39, 0.29) is 6.61 Å². The van der Waals surface area contributed by atoms with E-state index in [0.717, 1.165) is 24.9 Å². The van der Waals surface area contributed by atoms with E-state index in [2.05, 4.69) is 65.8 Å². The smallest absolute Gasteiger partial charge is 0.317 e. The molecule has 0 saturated heterocycles. The second-order valence-electron chi connectivity index (χ2n) is 9.91. The molecular weight excluding hydrogens is 457 g/mol. The molecule has 0 rings (SSSR count). The summed E-state index contributed by atoms with van der Waals surface area (Å²) in [6.07, 6.45) is 0.334. The first-order valence-corrected chi connectivity index (χ1v) is 24.7. The van der Waals surface area contributed by atoms with Crippen LogP contribution in [-0.4, -0.2) is 72.8 Å². The standard InChI is InChI=1S/C17H46O7Si5/c1-11-14-28(9,22-25(2)21-26(3,4)5)24-29(10,23-27(6,7)8)15-12-13-20-16-17(18)19/h17-19,25H,11-16H2,1-10H3. The molecule has 0 radical (unpaired) electrons.